The van der Waals surface area contributed by atoms with Crippen molar-refractivity contribution in [1.29, 1.82) is 0 Å². The number of carbonyl (C=O) groups is 6. The van der Waals surface area contributed by atoms with Crippen LogP contribution in [-0.4, -0.2) is 146 Å². The Kier molecular flexibility index (Phi) is 32.1. The fourth-order valence-corrected chi connectivity index (χ4v) is 16.4. The molecule has 12 aromatic carbocycles. The quantitative estimate of drug-likeness (QED) is 0.0231. The lowest BCUT2D eigenvalue weighted by Gasteiger charge is -2.25. The maximum Gasteiger partial charge on any atom is 0.312 e. The molecule has 30 heteroatoms. The van der Waals surface area contributed by atoms with Crippen molar-refractivity contribution in [3.8, 4) is 138 Å². The van der Waals surface area contributed by atoms with Crippen molar-refractivity contribution in [3.63, 3.8) is 0 Å². The average Bonchev–Trinajstić information content (AvgIpc) is 0.813. The van der Waals surface area contributed by atoms with E-state index in [9.17, 15) is 69.6 Å². The van der Waals surface area contributed by atoms with Crippen molar-refractivity contribution in [2.24, 2.45) is 0 Å². The first-order valence-corrected chi connectivity index (χ1v) is 43.8. The van der Waals surface area contributed by atoms with Gasteiger partial charge in [-0.3, -0.25) is 28.8 Å². The minimum absolute atomic E-state index is 0.0225. The first kappa shape index (κ1) is 97.4. The fraction of sp³-hybridized carbons (Fsp3) is 0.264. The van der Waals surface area contributed by atoms with Crippen LogP contribution in [-0.2, 0) is 28.8 Å². The van der Waals surface area contributed by atoms with E-state index < -0.39 is 0 Å². The molecule has 12 aromatic rings. The standard InChI is InChI=1S/2C19H20O5.2C18H18O5.2C16H14O5/c2*1-3-8-23-13-5-6-14-15(11-19(21)24-17(14)10-13)12-4-7-16(20)18(9-12)22-2;2*1-3-22-12-5-6-13-14(10-18(20)23-16(13)9-12)11-4-7-15(19)17(8-11)21-2;2*1-20-14-5-2-9(6-13(14)18)12-8-16(19)21-15-7-10(17)3-4-11(12)15/h2*4-7,9-10,15,20H,3,8,11H2,1-2H3;2*4-9,14,19H,3,10H2,1-2H3;2*2-7,12,17-18H,8H2,1H3/t2*15-;2*14-;2*12-/m101010/s1. The third-order valence-electron chi connectivity index (χ3n) is 23.0. The number of hydrogen-bond acceptors (Lipinski definition) is 30. The second-order valence-electron chi connectivity index (χ2n) is 31.8. The van der Waals surface area contributed by atoms with Crippen molar-refractivity contribution < 1.29 is 145 Å². The number of esters is 6. The lowest BCUT2D eigenvalue weighted by molar-refractivity contribution is -0.136. The molecule has 18 rings (SSSR count). The number of benzene rings is 12. The topological polar surface area (TPSA) is 412 Å². The summed E-state index contributed by atoms with van der Waals surface area (Å²) in [6.45, 7) is 10.2. The van der Waals surface area contributed by atoms with Crippen LogP contribution in [0.4, 0.5) is 0 Å². The van der Waals surface area contributed by atoms with E-state index in [1.54, 1.807) is 158 Å². The monoisotopic (exact) mass is 1860 g/mol. The fourth-order valence-electron chi connectivity index (χ4n) is 16.4. The lowest BCUT2D eigenvalue weighted by atomic mass is 9.86. The average molecular weight is 1860 g/mol. The third-order valence-corrected chi connectivity index (χ3v) is 23.0. The van der Waals surface area contributed by atoms with Crippen LogP contribution in [0.5, 0.6) is 138 Å². The highest BCUT2D eigenvalue weighted by Gasteiger charge is 2.37. The summed E-state index contributed by atoms with van der Waals surface area (Å²) in [7, 11) is 8.95. The van der Waals surface area contributed by atoms with Crippen molar-refractivity contribution in [1.82, 2.24) is 0 Å². The summed E-state index contributed by atoms with van der Waals surface area (Å²) in [5.41, 5.74) is 10.4. The molecular weight excluding hydrogens is 1750 g/mol. The van der Waals surface area contributed by atoms with Crippen LogP contribution in [0.2, 0.25) is 0 Å². The molecule has 0 amide bonds. The largest absolute Gasteiger partial charge is 0.508 e. The van der Waals surface area contributed by atoms with Crippen LogP contribution in [0.1, 0.15) is 181 Å². The number of carbonyl (C=O) groups excluding carboxylic acids is 6. The summed E-state index contributed by atoms with van der Waals surface area (Å²) in [5.74, 6) is 5.31. The summed E-state index contributed by atoms with van der Waals surface area (Å²) in [6.07, 6.45) is 3.17. The van der Waals surface area contributed by atoms with E-state index in [-0.39, 0.29) is 156 Å². The molecule has 0 spiro atoms. The molecule has 6 heterocycles. The van der Waals surface area contributed by atoms with Crippen LogP contribution >= 0.6 is 0 Å². The normalized spacial score (nSPS) is 16.5. The molecule has 0 fully saturated rings. The first-order chi connectivity index (χ1) is 65.6. The number of hydrogen-bond donors (Lipinski definition) is 8. The molecule has 6 aliphatic heterocycles. The Morgan fingerprint density at radius 2 is 0.449 bits per heavy atom. The maximum absolute atomic E-state index is 12.0. The Bertz CT molecular complexity index is 5980. The predicted molar refractivity (Wildman–Crippen MR) is 496 cm³/mol. The number of ether oxygens (including phenoxy) is 16. The van der Waals surface area contributed by atoms with Gasteiger partial charge >= 0.3 is 35.8 Å². The van der Waals surface area contributed by atoms with Crippen LogP contribution in [0.25, 0.3) is 0 Å². The van der Waals surface area contributed by atoms with Gasteiger partial charge < -0.3 is 117 Å². The SMILES string of the molecule is CCCOc1ccc2c(c1)OC(=O)C[C@@H]2c1ccc(O)c(OC)c1.CCCOc1ccc2c(c1)OC(=O)C[C@H]2c1ccc(O)c(OC)c1.CCOc1ccc2c(c1)OC(=O)C[C@@H]2c1ccc(O)c(OC)c1.CCOc1ccc2c(c1)OC(=O)C[C@H]2c1ccc(O)c(OC)c1.COc1ccc([C@@H]2CC(=O)Oc3cc(O)ccc32)cc1O.COc1ccc([C@H]2CC(=O)Oc3cc(O)ccc32)cc1O. The van der Waals surface area contributed by atoms with Gasteiger partial charge in [-0.25, -0.2) is 0 Å². The molecule has 8 N–H and O–H groups in total. The molecule has 6 aliphatic rings. The Hall–Kier alpha value is -16.1. The van der Waals surface area contributed by atoms with Crippen molar-refractivity contribution in [2.75, 3.05) is 69.1 Å². The predicted octanol–water partition coefficient (Wildman–Crippen LogP) is 18.8. The van der Waals surface area contributed by atoms with Gasteiger partial charge in [-0.1, -0.05) is 86.6 Å². The highest BCUT2D eigenvalue weighted by Crippen LogP contribution is 2.50. The smallest absolute Gasteiger partial charge is 0.312 e. The van der Waals surface area contributed by atoms with Gasteiger partial charge in [0.2, 0.25) is 0 Å². The zero-order chi connectivity index (χ0) is 97.0. The van der Waals surface area contributed by atoms with E-state index in [4.69, 9.17) is 75.8 Å². The Balaban J connectivity index is 0.000000138. The number of phenols is 8. The van der Waals surface area contributed by atoms with Crippen molar-refractivity contribution >= 4 is 35.8 Å². The highest BCUT2D eigenvalue weighted by molar-refractivity contribution is 5.83. The summed E-state index contributed by atoms with van der Waals surface area (Å²) < 4.78 is 84.6. The molecule has 0 bridgehead atoms. The minimum atomic E-state index is -0.367. The van der Waals surface area contributed by atoms with Crippen LogP contribution in [0, 0.1) is 0 Å². The van der Waals surface area contributed by atoms with Crippen molar-refractivity contribution in [3.05, 3.63) is 285 Å². The summed E-state index contributed by atoms with van der Waals surface area (Å²) >= 11 is 0. The molecule has 30 nitrogen and oxygen atoms in total. The zero-order valence-electron chi connectivity index (χ0n) is 76.3. The van der Waals surface area contributed by atoms with Gasteiger partial charge in [0.05, 0.1) is 108 Å². The molecule has 136 heavy (non-hydrogen) atoms. The molecule has 0 radical (unpaired) electrons. The second-order valence-corrected chi connectivity index (χ2v) is 31.8. The number of phenolic OH excluding ortho intramolecular Hbond substituents is 8. The van der Waals surface area contributed by atoms with E-state index in [1.165, 1.54) is 54.8 Å². The van der Waals surface area contributed by atoms with Gasteiger partial charge in [0.25, 0.3) is 0 Å². The summed E-state index contributed by atoms with van der Waals surface area (Å²) in [5, 5.41) is 77.8. The number of fused-ring (bicyclic) bond motifs is 6. The number of rotatable bonds is 22. The van der Waals surface area contributed by atoms with E-state index >= 15 is 0 Å². The first-order valence-electron chi connectivity index (χ1n) is 43.8. The van der Waals surface area contributed by atoms with Gasteiger partial charge in [-0.15, -0.1) is 0 Å². The number of aromatic hydroxyl groups is 8. The van der Waals surface area contributed by atoms with Crippen LogP contribution in [0.3, 0.4) is 0 Å². The van der Waals surface area contributed by atoms with Gasteiger partial charge in [-0.05, 0) is 169 Å². The molecule has 0 unspecified atom stereocenters. The highest BCUT2D eigenvalue weighted by atomic mass is 16.6. The third kappa shape index (κ3) is 23.5. The minimum Gasteiger partial charge on any atom is -0.508 e. The van der Waals surface area contributed by atoms with Crippen LogP contribution < -0.4 is 75.8 Å². The molecular formula is C106H104O30. The Labute approximate surface area is 784 Å². The Morgan fingerprint density at radius 3 is 0.669 bits per heavy atom. The lowest BCUT2D eigenvalue weighted by Crippen LogP contribution is -2.21. The van der Waals surface area contributed by atoms with E-state index in [2.05, 4.69) is 0 Å². The van der Waals surface area contributed by atoms with Gasteiger partial charge in [0.15, 0.2) is 69.0 Å². The summed E-state index contributed by atoms with van der Waals surface area (Å²) in [4.78, 5) is 71.4. The van der Waals surface area contributed by atoms with E-state index in [0.717, 1.165) is 79.6 Å². The number of methoxy groups -OCH3 is 6. The molecule has 6 atom stereocenters. The second kappa shape index (κ2) is 44.9. The van der Waals surface area contributed by atoms with Gasteiger partial charge in [0, 0.05) is 105 Å². The molecule has 708 valence electrons. The Morgan fingerprint density at radius 1 is 0.235 bits per heavy atom. The molecule has 0 aromatic heterocycles. The van der Waals surface area contributed by atoms with Gasteiger partial charge in [-0.2, -0.15) is 0 Å². The molecule has 0 saturated heterocycles. The van der Waals surface area contributed by atoms with Gasteiger partial charge in [0.1, 0.15) is 69.0 Å². The van der Waals surface area contributed by atoms with E-state index in [1.807, 2.05) is 76.2 Å². The molecule has 0 aliphatic carbocycles. The summed E-state index contributed by atoms with van der Waals surface area (Å²) in [6, 6.07) is 62.1. The van der Waals surface area contributed by atoms with E-state index in [0.29, 0.717) is 118 Å². The maximum atomic E-state index is 12.0. The van der Waals surface area contributed by atoms with Crippen LogP contribution in [0.15, 0.2) is 218 Å². The van der Waals surface area contributed by atoms with Crippen molar-refractivity contribution in [2.45, 2.75) is 115 Å². The zero-order valence-corrected chi connectivity index (χ0v) is 76.3. The molecule has 0 saturated carbocycles.